The smallest absolute Gasteiger partial charge is 0.306 e. The second-order valence-electron chi connectivity index (χ2n) is 15.3. The summed E-state index contributed by atoms with van der Waals surface area (Å²) in [6.07, 6.45) is 9.63. The van der Waals surface area contributed by atoms with Crippen LogP contribution in [0.25, 0.3) is 21.5 Å². The van der Waals surface area contributed by atoms with Gasteiger partial charge in [0.2, 0.25) is 0 Å². The summed E-state index contributed by atoms with van der Waals surface area (Å²) in [5.74, 6) is 2.02. The molecule has 0 spiro atoms. The van der Waals surface area contributed by atoms with E-state index in [4.69, 9.17) is 40.0 Å². The van der Waals surface area contributed by atoms with Gasteiger partial charge in [-0.05, 0) is 80.3 Å². The van der Waals surface area contributed by atoms with Gasteiger partial charge in [0.15, 0.2) is 12.2 Å². The van der Waals surface area contributed by atoms with Crippen LogP contribution in [-0.4, -0.2) is 50.6 Å². The molecule has 0 saturated heterocycles. The van der Waals surface area contributed by atoms with E-state index < -0.39 is 12.2 Å². The fourth-order valence-corrected chi connectivity index (χ4v) is 7.16. The minimum atomic E-state index is -0.682. The molecule has 316 valence electrons. The molecule has 2 unspecified atom stereocenters. The highest BCUT2D eigenvalue weighted by atomic mass is 35.5. The summed E-state index contributed by atoms with van der Waals surface area (Å²) < 4.78 is 37.6. The quantitative estimate of drug-likeness (QED) is 0.0309. The van der Waals surface area contributed by atoms with Crippen molar-refractivity contribution in [2.75, 3.05) is 26.4 Å². The van der Waals surface area contributed by atoms with Gasteiger partial charge in [0, 0.05) is 39.4 Å². The molecule has 0 aliphatic heterocycles. The van der Waals surface area contributed by atoms with Crippen molar-refractivity contribution in [1.29, 1.82) is 0 Å². The van der Waals surface area contributed by atoms with Gasteiger partial charge in [0.25, 0.3) is 0 Å². The summed E-state index contributed by atoms with van der Waals surface area (Å²) in [4.78, 5) is 26.2. The number of hydrogen-bond donors (Lipinski definition) is 0. The van der Waals surface area contributed by atoms with Crippen LogP contribution in [0.2, 0.25) is 5.02 Å². The molecule has 0 aromatic heterocycles. The van der Waals surface area contributed by atoms with E-state index >= 15 is 0 Å². The van der Waals surface area contributed by atoms with E-state index in [-0.39, 0.29) is 38.4 Å². The monoisotopic (exact) mass is 824 g/mol. The first-order valence-electron chi connectivity index (χ1n) is 21.4. The Labute approximate surface area is 355 Å². The summed E-state index contributed by atoms with van der Waals surface area (Å²) in [6, 6.07) is 28.9. The van der Waals surface area contributed by atoms with Crippen molar-refractivity contribution in [2.24, 2.45) is 0 Å². The van der Waals surface area contributed by atoms with Crippen molar-refractivity contribution in [1.82, 2.24) is 0 Å². The molecule has 0 aliphatic carbocycles. The van der Waals surface area contributed by atoms with E-state index in [0.717, 1.165) is 96.9 Å². The van der Waals surface area contributed by atoms with Gasteiger partial charge in [-0.2, -0.15) is 0 Å². The van der Waals surface area contributed by atoms with Crippen LogP contribution < -0.4 is 18.9 Å². The lowest BCUT2D eigenvalue weighted by molar-refractivity contribution is -0.153. The average molecular weight is 825 g/mol. The van der Waals surface area contributed by atoms with Crippen molar-refractivity contribution in [3.8, 4) is 23.0 Å². The van der Waals surface area contributed by atoms with Crippen molar-refractivity contribution in [3.63, 3.8) is 0 Å². The highest BCUT2D eigenvalue weighted by Crippen LogP contribution is 2.44. The van der Waals surface area contributed by atoms with Gasteiger partial charge in [-0.15, -0.1) is 0 Å². The highest BCUT2D eigenvalue weighted by molar-refractivity contribution is 6.31. The van der Waals surface area contributed by atoms with Gasteiger partial charge in [-0.1, -0.05) is 125 Å². The first-order chi connectivity index (χ1) is 28.7. The molecule has 0 bridgehead atoms. The van der Waals surface area contributed by atoms with Gasteiger partial charge in [-0.25, -0.2) is 0 Å². The second-order valence-corrected chi connectivity index (χ2v) is 15.8. The summed E-state index contributed by atoms with van der Waals surface area (Å²) in [6.45, 7) is 8.70. The third-order valence-corrected chi connectivity index (χ3v) is 10.4. The standard InChI is InChI=1S/C50H61ClO8/c1-5-7-9-11-13-25-47(52)58-41(32-54-39-21-17-19-36(3)29-39)34-56-49-43-23-15-16-24-44(43)50(46-31-38(51)27-28-45(46)49)57-35-42(33-55-40-22-18-20-37(4)30-40)59-48(53)26-14-12-10-8-6-2/h15-24,27-31,41-42H,5-14,25-26,32-35H2,1-4H3. The Hall–Kier alpha value is -4.95. The molecule has 5 aromatic rings. The number of carbonyl (C=O) groups is 2. The summed E-state index contributed by atoms with van der Waals surface area (Å²) >= 11 is 6.64. The molecule has 9 heteroatoms. The van der Waals surface area contributed by atoms with Gasteiger partial charge < -0.3 is 28.4 Å². The number of esters is 2. The molecule has 0 radical (unpaired) electrons. The van der Waals surface area contributed by atoms with Crippen LogP contribution >= 0.6 is 11.6 Å². The lowest BCUT2D eigenvalue weighted by Gasteiger charge is -2.23. The Balaban J connectivity index is 1.38. The zero-order valence-electron chi connectivity index (χ0n) is 35.3. The van der Waals surface area contributed by atoms with E-state index in [0.29, 0.717) is 40.9 Å². The first kappa shape index (κ1) is 45.1. The predicted octanol–water partition coefficient (Wildman–Crippen LogP) is 12.7. The van der Waals surface area contributed by atoms with Crippen LogP contribution in [0.3, 0.4) is 0 Å². The SMILES string of the molecule is CCCCCCCC(=O)OC(COc1cccc(C)c1)COc1c2ccccc2c(OCC(COc2cccc(C)c2)OC(=O)CCCCCCC)c2cc(Cl)ccc12. The Bertz CT molecular complexity index is 2080. The van der Waals surface area contributed by atoms with Crippen LogP contribution in [0.1, 0.15) is 102 Å². The fourth-order valence-electron chi connectivity index (χ4n) is 6.99. The number of unbranched alkanes of at least 4 members (excludes halogenated alkanes) is 8. The third kappa shape index (κ3) is 14.7. The maximum absolute atomic E-state index is 13.1. The molecule has 0 heterocycles. The van der Waals surface area contributed by atoms with Crippen LogP contribution in [0.4, 0.5) is 0 Å². The van der Waals surface area contributed by atoms with E-state index in [1.54, 1.807) is 0 Å². The van der Waals surface area contributed by atoms with Crippen molar-refractivity contribution < 1.29 is 38.0 Å². The van der Waals surface area contributed by atoms with Gasteiger partial charge in [0.05, 0.1) is 0 Å². The normalized spacial score (nSPS) is 12.2. The van der Waals surface area contributed by atoms with E-state index in [1.165, 1.54) is 0 Å². The predicted molar refractivity (Wildman–Crippen MR) is 237 cm³/mol. The Kier molecular flexibility index (Phi) is 18.5. The van der Waals surface area contributed by atoms with E-state index in [2.05, 4.69) is 13.8 Å². The van der Waals surface area contributed by atoms with Gasteiger partial charge in [0.1, 0.15) is 49.4 Å². The number of ether oxygens (including phenoxy) is 6. The molecule has 0 saturated carbocycles. The maximum atomic E-state index is 13.1. The van der Waals surface area contributed by atoms with Crippen molar-refractivity contribution >= 4 is 45.1 Å². The topological polar surface area (TPSA) is 89.5 Å². The number of rotatable bonds is 26. The molecule has 0 N–H and O–H groups in total. The number of halogens is 1. The van der Waals surface area contributed by atoms with Crippen molar-refractivity contribution in [3.05, 3.63) is 107 Å². The third-order valence-electron chi connectivity index (χ3n) is 10.1. The van der Waals surface area contributed by atoms with Crippen LogP contribution in [0.15, 0.2) is 91.0 Å². The van der Waals surface area contributed by atoms with Crippen LogP contribution in [0.5, 0.6) is 23.0 Å². The number of fused-ring (bicyclic) bond motifs is 2. The van der Waals surface area contributed by atoms with E-state index in [9.17, 15) is 9.59 Å². The Morgan fingerprint density at radius 3 is 1.41 bits per heavy atom. The summed E-state index contributed by atoms with van der Waals surface area (Å²) in [7, 11) is 0. The molecule has 59 heavy (non-hydrogen) atoms. The number of aryl methyl sites for hydroxylation is 2. The number of hydrogen-bond acceptors (Lipinski definition) is 8. The maximum Gasteiger partial charge on any atom is 0.306 e. The zero-order valence-corrected chi connectivity index (χ0v) is 36.0. The van der Waals surface area contributed by atoms with Crippen LogP contribution in [-0.2, 0) is 19.1 Å². The average Bonchev–Trinajstić information content (AvgIpc) is 3.22. The molecule has 8 nitrogen and oxygen atoms in total. The molecule has 5 aromatic carbocycles. The molecule has 0 fully saturated rings. The highest BCUT2D eigenvalue weighted by Gasteiger charge is 2.23. The minimum Gasteiger partial charge on any atom is -0.490 e. The summed E-state index contributed by atoms with van der Waals surface area (Å²) in [5, 5.41) is 3.60. The van der Waals surface area contributed by atoms with E-state index in [1.807, 2.05) is 105 Å². The fraction of sp³-hybridized carbons (Fsp3) is 0.440. The lowest BCUT2D eigenvalue weighted by Crippen LogP contribution is -2.31. The number of carbonyl (C=O) groups excluding carboxylic acids is 2. The minimum absolute atomic E-state index is 0.0476. The van der Waals surface area contributed by atoms with Gasteiger partial charge >= 0.3 is 11.9 Å². The lowest BCUT2D eigenvalue weighted by atomic mass is 10.0. The Morgan fingerprint density at radius 1 is 0.492 bits per heavy atom. The second kappa shape index (κ2) is 24.2. The van der Waals surface area contributed by atoms with Gasteiger partial charge in [-0.3, -0.25) is 9.59 Å². The molecular formula is C50H61ClO8. The molecule has 2 atom stereocenters. The zero-order chi connectivity index (χ0) is 41.8. The summed E-state index contributed by atoms with van der Waals surface area (Å²) in [5.41, 5.74) is 2.14. The Morgan fingerprint density at radius 2 is 0.932 bits per heavy atom. The number of benzene rings is 5. The first-order valence-corrected chi connectivity index (χ1v) is 21.8. The molecular weight excluding hydrogens is 764 g/mol. The molecule has 5 rings (SSSR count). The molecule has 0 amide bonds. The molecule has 0 aliphatic rings. The van der Waals surface area contributed by atoms with Crippen molar-refractivity contribution in [2.45, 2.75) is 117 Å². The van der Waals surface area contributed by atoms with Crippen LogP contribution in [0, 0.1) is 13.8 Å². The largest absolute Gasteiger partial charge is 0.490 e.